The standard InChI is InChI=1S/C10H6ClFO/c11-10-7(3-1-4-8(10)12)9-5-2-6-13-9/h1-6H. The number of halogens is 2. The summed E-state index contributed by atoms with van der Waals surface area (Å²) in [6.45, 7) is 0. The molecule has 0 amide bonds. The first-order valence-corrected chi connectivity index (χ1v) is 4.15. The molecule has 0 spiro atoms. The maximum absolute atomic E-state index is 13.0. The molecule has 66 valence electrons. The molecular formula is C10H6ClFO. The van der Waals surface area contributed by atoms with E-state index in [2.05, 4.69) is 0 Å². The smallest absolute Gasteiger partial charge is 0.142 e. The van der Waals surface area contributed by atoms with E-state index in [1.807, 2.05) is 0 Å². The third-order valence-corrected chi connectivity index (χ3v) is 2.12. The van der Waals surface area contributed by atoms with Crippen molar-refractivity contribution in [1.29, 1.82) is 0 Å². The van der Waals surface area contributed by atoms with Crippen molar-refractivity contribution < 1.29 is 8.81 Å². The summed E-state index contributed by atoms with van der Waals surface area (Å²) in [7, 11) is 0. The third-order valence-electron chi connectivity index (χ3n) is 1.74. The zero-order chi connectivity index (χ0) is 9.26. The van der Waals surface area contributed by atoms with E-state index < -0.39 is 5.82 Å². The minimum Gasteiger partial charge on any atom is -0.464 e. The summed E-state index contributed by atoms with van der Waals surface area (Å²) >= 11 is 5.75. The Kier molecular flexibility index (Phi) is 2.07. The van der Waals surface area contributed by atoms with E-state index in [4.69, 9.17) is 16.0 Å². The molecule has 1 aromatic heterocycles. The van der Waals surface area contributed by atoms with Crippen LogP contribution in [0.4, 0.5) is 4.39 Å². The van der Waals surface area contributed by atoms with E-state index in [9.17, 15) is 4.39 Å². The van der Waals surface area contributed by atoms with Gasteiger partial charge < -0.3 is 4.42 Å². The molecule has 0 atom stereocenters. The van der Waals surface area contributed by atoms with E-state index in [0.29, 0.717) is 11.3 Å². The molecule has 0 saturated carbocycles. The molecule has 1 aromatic carbocycles. The fourth-order valence-electron chi connectivity index (χ4n) is 1.13. The molecule has 3 heteroatoms. The van der Waals surface area contributed by atoms with Crippen LogP contribution in [-0.2, 0) is 0 Å². The lowest BCUT2D eigenvalue weighted by molar-refractivity contribution is 0.580. The van der Waals surface area contributed by atoms with Crippen LogP contribution in [0.1, 0.15) is 0 Å². The Morgan fingerprint density at radius 1 is 1.15 bits per heavy atom. The highest BCUT2D eigenvalue weighted by atomic mass is 35.5. The maximum atomic E-state index is 13.0. The summed E-state index contributed by atoms with van der Waals surface area (Å²) in [6.07, 6.45) is 1.52. The van der Waals surface area contributed by atoms with Gasteiger partial charge in [0.25, 0.3) is 0 Å². The Bertz CT molecular complexity index is 409. The average Bonchev–Trinajstić information content (AvgIpc) is 2.62. The Hall–Kier alpha value is -1.28. The van der Waals surface area contributed by atoms with Gasteiger partial charge in [-0.2, -0.15) is 0 Å². The molecule has 0 aliphatic rings. The lowest BCUT2D eigenvalue weighted by atomic mass is 10.2. The van der Waals surface area contributed by atoms with E-state index in [-0.39, 0.29) is 5.02 Å². The van der Waals surface area contributed by atoms with Crippen LogP contribution >= 0.6 is 11.6 Å². The zero-order valence-electron chi connectivity index (χ0n) is 6.63. The molecule has 0 fully saturated rings. The first-order valence-electron chi connectivity index (χ1n) is 3.77. The monoisotopic (exact) mass is 196 g/mol. The van der Waals surface area contributed by atoms with Crippen molar-refractivity contribution in [2.45, 2.75) is 0 Å². The summed E-state index contributed by atoms with van der Waals surface area (Å²) in [5.74, 6) is 0.139. The van der Waals surface area contributed by atoms with Crippen molar-refractivity contribution in [3.8, 4) is 11.3 Å². The molecule has 2 rings (SSSR count). The molecule has 1 nitrogen and oxygen atoms in total. The molecule has 0 saturated heterocycles. The van der Waals surface area contributed by atoms with Gasteiger partial charge in [0, 0.05) is 5.56 Å². The fourth-order valence-corrected chi connectivity index (χ4v) is 1.35. The van der Waals surface area contributed by atoms with Gasteiger partial charge in [-0.15, -0.1) is 0 Å². The first kappa shape index (κ1) is 8.32. The molecule has 0 N–H and O–H groups in total. The molecular weight excluding hydrogens is 191 g/mol. The van der Waals surface area contributed by atoms with Crippen LogP contribution in [0.3, 0.4) is 0 Å². The molecule has 13 heavy (non-hydrogen) atoms. The average molecular weight is 197 g/mol. The molecule has 1 heterocycles. The van der Waals surface area contributed by atoms with Gasteiger partial charge >= 0.3 is 0 Å². The highest BCUT2D eigenvalue weighted by molar-refractivity contribution is 6.33. The number of hydrogen-bond acceptors (Lipinski definition) is 1. The highest BCUT2D eigenvalue weighted by Gasteiger charge is 2.08. The summed E-state index contributed by atoms with van der Waals surface area (Å²) < 4.78 is 18.1. The third kappa shape index (κ3) is 1.45. The van der Waals surface area contributed by atoms with E-state index in [1.54, 1.807) is 24.3 Å². The SMILES string of the molecule is Fc1cccc(-c2ccco2)c1Cl. The normalized spacial score (nSPS) is 10.3. The lowest BCUT2D eigenvalue weighted by Gasteiger charge is -2.00. The predicted octanol–water partition coefficient (Wildman–Crippen LogP) is 3.74. The second-order valence-corrected chi connectivity index (χ2v) is 2.96. The van der Waals surface area contributed by atoms with E-state index in [0.717, 1.165) is 0 Å². The van der Waals surface area contributed by atoms with Gasteiger partial charge in [0.15, 0.2) is 0 Å². The highest BCUT2D eigenvalue weighted by Crippen LogP contribution is 2.29. The van der Waals surface area contributed by atoms with E-state index in [1.165, 1.54) is 12.3 Å². The molecule has 0 radical (unpaired) electrons. The number of benzene rings is 1. The summed E-state index contributed by atoms with van der Waals surface area (Å²) in [5.41, 5.74) is 0.576. The Morgan fingerprint density at radius 3 is 2.69 bits per heavy atom. The summed E-state index contributed by atoms with van der Waals surface area (Å²) in [5, 5.41) is 0.0949. The first-order chi connectivity index (χ1) is 6.29. The molecule has 0 aliphatic carbocycles. The van der Waals surface area contributed by atoms with Crippen molar-refractivity contribution in [2.24, 2.45) is 0 Å². The van der Waals surface area contributed by atoms with Crippen LogP contribution in [0.5, 0.6) is 0 Å². The molecule has 0 unspecified atom stereocenters. The molecule has 2 aromatic rings. The molecule has 0 bridgehead atoms. The summed E-state index contributed by atoms with van der Waals surface area (Å²) in [4.78, 5) is 0. The molecule has 0 aliphatic heterocycles. The topological polar surface area (TPSA) is 13.1 Å². The van der Waals surface area contributed by atoms with Crippen LogP contribution in [-0.4, -0.2) is 0 Å². The second-order valence-electron chi connectivity index (χ2n) is 2.58. The van der Waals surface area contributed by atoms with Gasteiger partial charge in [0.1, 0.15) is 11.6 Å². The number of furan rings is 1. The Morgan fingerprint density at radius 2 is 2.00 bits per heavy atom. The fraction of sp³-hybridized carbons (Fsp3) is 0. The van der Waals surface area contributed by atoms with Crippen LogP contribution in [0, 0.1) is 5.82 Å². The van der Waals surface area contributed by atoms with Crippen molar-refractivity contribution in [3.05, 3.63) is 47.4 Å². The minimum atomic E-state index is -0.435. The van der Waals surface area contributed by atoms with Crippen LogP contribution in [0.15, 0.2) is 41.0 Å². The maximum Gasteiger partial charge on any atom is 0.142 e. The summed E-state index contributed by atoms with van der Waals surface area (Å²) in [6, 6.07) is 8.09. The van der Waals surface area contributed by atoms with Gasteiger partial charge in [-0.05, 0) is 24.3 Å². The van der Waals surface area contributed by atoms with Crippen molar-refractivity contribution in [2.75, 3.05) is 0 Å². The van der Waals surface area contributed by atoms with Gasteiger partial charge in [0.2, 0.25) is 0 Å². The van der Waals surface area contributed by atoms with Crippen molar-refractivity contribution >= 4 is 11.6 Å². The quantitative estimate of drug-likeness (QED) is 0.677. The van der Waals surface area contributed by atoms with Gasteiger partial charge in [0.05, 0.1) is 11.3 Å². The van der Waals surface area contributed by atoms with Crippen molar-refractivity contribution in [1.82, 2.24) is 0 Å². The zero-order valence-corrected chi connectivity index (χ0v) is 7.38. The van der Waals surface area contributed by atoms with Crippen LogP contribution in [0.2, 0.25) is 5.02 Å². The van der Waals surface area contributed by atoms with E-state index >= 15 is 0 Å². The Balaban J connectivity index is 2.59. The lowest BCUT2D eigenvalue weighted by Crippen LogP contribution is -1.80. The minimum absolute atomic E-state index is 0.0949. The Labute approximate surface area is 79.8 Å². The van der Waals surface area contributed by atoms with Crippen molar-refractivity contribution in [3.63, 3.8) is 0 Å². The second kappa shape index (κ2) is 3.23. The largest absolute Gasteiger partial charge is 0.464 e. The number of rotatable bonds is 1. The van der Waals surface area contributed by atoms with Gasteiger partial charge in [-0.3, -0.25) is 0 Å². The van der Waals surface area contributed by atoms with Crippen LogP contribution in [0.25, 0.3) is 11.3 Å². The number of hydrogen-bond donors (Lipinski definition) is 0. The predicted molar refractivity (Wildman–Crippen MR) is 49.1 cm³/mol. The van der Waals surface area contributed by atoms with Crippen LogP contribution < -0.4 is 0 Å². The van der Waals surface area contributed by atoms with Gasteiger partial charge in [-0.1, -0.05) is 17.7 Å². The van der Waals surface area contributed by atoms with Gasteiger partial charge in [-0.25, -0.2) is 4.39 Å².